The summed E-state index contributed by atoms with van der Waals surface area (Å²) in [5.41, 5.74) is 1.49. The molecular weight excluding hydrogens is 686 g/mol. The summed E-state index contributed by atoms with van der Waals surface area (Å²) >= 11 is 3.46. The van der Waals surface area contributed by atoms with Crippen molar-refractivity contribution >= 4 is 76.1 Å². The summed E-state index contributed by atoms with van der Waals surface area (Å²) < 4.78 is 5.96. The fourth-order valence-corrected chi connectivity index (χ4v) is 8.54. The van der Waals surface area contributed by atoms with Crippen molar-refractivity contribution in [3.8, 4) is 11.5 Å². The van der Waals surface area contributed by atoms with Crippen molar-refractivity contribution in [2.24, 2.45) is 29.6 Å². The number of anilines is 2. The van der Waals surface area contributed by atoms with Crippen molar-refractivity contribution in [2.75, 3.05) is 16.9 Å². The number of carbonyl (C=O) groups is 4. The summed E-state index contributed by atoms with van der Waals surface area (Å²) in [6.07, 6.45) is 2.08. The van der Waals surface area contributed by atoms with Crippen LogP contribution in [0.15, 0.2) is 76.8 Å². The number of amides is 4. The Morgan fingerprint density at radius 3 is 1.88 bits per heavy atom. The summed E-state index contributed by atoms with van der Waals surface area (Å²) in [5.74, 6) is -7.25. The number of hydrogen-bond donors (Lipinski definition) is 5. The SMILES string of the molecule is COc1cc(Br)cc(C2C3=CCC4C(=O)N(c5cccc(B(O)O)c5)C(=O)C4C3CC3C(=O)N(c4cccc(B(O)O)c4)C(=O)C32)c1O. The van der Waals surface area contributed by atoms with Gasteiger partial charge in [-0.2, -0.15) is 0 Å². The normalized spacial score (nSPS) is 26.2. The average molecular weight is 715 g/mol. The number of imide groups is 2. The number of nitrogens with zero attached hydrogens (tertiary/aromatic N) is 2. The number of halogens is 1. The van der Waals surface area contributed by atoms with E-state index in [2.05, 4.69) is 15.9 Å². The molecule has 0 radical (unpaired) electrons. The van der Waals surface area contributed by atoms with Crippen molar-refractivity contribution in [2.45, 2.75) is 18.8 Å². The average Bonchev–Trinajstić information content (AvgIpc) is 3.48. The Morgan fingerprint density at radius 1 is 0.750 bits per heavy atom. The third-order valence-electron chi connectivity index (χ3n) is 10.1. The van der Waals surface area contributed by atoms with Crippen LogP contribution >= 0.6 is 15.9 Å². The predicted molar refractivity (Wildman–Crippen MR) is 177 cm³/mol. The van der Waals surface area contributed by atoms with E-state index < -0.39 is 73.4 Å². The number of ether oxygens (including phenoxy) is 1. The molecule has 2 aliphatic heterocycles. The van der Waals surface area contributed by atoms with Crippen molar-refractivity contribution < 1.29 is 49.1 Å². The van der Waals surface area contributed by atoms with Gasteiger partial charge in [0.15, 0.2) is 11.5 Å². The van der Waals surface area contributed by atoms with Gasteiger partial charge in [-0.25, -0.2) is 0 Å². The van der Waals surface area contributed by atoms with Crippen LogP contribution < -0.4 is 25.5 Å². The van der Waals surface area contributed by atoms with E-state index in [1.165, 1.54) is 55.6 Å². The highest BCUT2D eigenvalue weighted by Crippen LogP contribution is 2.60. The van der Waals surface area contributed by atoms with Gasteiger partial charge in [0.2, 0.25) is 23.6 Å². The molecule has 2 heterocycles. The minimum atomic E-state index is -1.83. The van der Waals surface area contributed by atoms with Crippen LogP contribution in [0.3, 0.4) is 0 Å². The second-order valence-electron chi connectivity index (χ2n) is 12.5. The molecule has 6 atom stereocenters. The molecule has 0 bridgehead atoms. The molecule has 2 aliphatic carbocycles. The molecule has 1 saturated carbocycles. The smallest absolute Gasteiger partial charge is 0.488 e. The monoisotopic (exact) mass is 714 g/mol. The summed E-state index contributed by atoms with van der Waals surface area (Å²) in [6.45, 7) is 0. The lowest BCUT2D eigenvalue weighted by atomic mass is 9.57. The molecule has 244 valence electrons. The molecule has 4 amide bonds. The highest BCUT2D eigenvalue weighted by molar-refractivity contribution is 9.10. The van der Waals surface area contributed by atoms with E-state index in [1.54, 1.807) is 12.1 Å². The molecule has 0 spiro atoms. The third-order valence-corrected chi connectivity index (χ3v) is 10.6. The zero-order valence-corrected chi connectivity index (χ0v) is 27.0. The number of phenols is 1. The van der Waals surface area contributed by atoms with Crippen LogP contribution in [0.1, 0.15) is 24.3 Å². The Bertz CT molecular complexity index is 1920. The Labute approximate surface area is 283 Å². The number of methoxy groups -OCH3 is 1. The molecule has 3 fully saturated rings. The molecule has 2 saturated heterocycles. The Hall–Kier alpha value is -4.27. The minimum Gasteiger partial charge on any atom is -0.504 e. The van der Waals surface area contributed by atoms with Crippen LogP contribution in [0.4, 0.5) is 11.4 Å². The number of phenolic OH excluding ortho intramolecular Hbond substituents is 1. The highest BCUT2D eigenvalue weighted by Gasteiger charge is 2.62. The topological polar surface area (TPSA) is 185 Å². The lowest BCUT2D eigenvalue weighted by Gasteiger charge is -2.44. The zero-order valence-electron chi connectivity index (χ0n) is 25.4. The molecule has 5 N–H and O–H groups in total. The molecule has 15 heteroatoms. The molecule has 12 nitrogen and oxygen atoms in total. The number of aromatic hydroxyl groups is 1. The van der Waals surface area contributed by atoms with Gasteiger partial charge in [0.1, 0.15) is 0 Å². The summed E-state index contributed by atoms with van der Waals surface area (Å²) in [5, 5.41) is 50.4. The number of fused-ring (bicyclic) bond motifs is 4. The maximum atomic E-state index is 14.4. The maximum absolute atomic E-state index is 14.4. The summed E-state index contributed by atoms with van der Waals surface area (Å²) in [7, 11) is -2.26. The number of carbonyl (C=O) groups excluding carboxylic acids is 4. The largest absolute Gasteiger partial charge is 0.504 e. The Balaban J connectivity index is 1.35. The molecule has 7 rings (SSSR count). The van der Waals surface area contributed by atoms with E-state index >= 15 is 0 Å². The van der Waals surface area contributed by atoms with Gasteiger partial charge in [-0.15, -0.1) is 0 Å². The molecule has 4 aliphatic rings. The standard InChI is InChI=1S/C33H29B2BrN2O10/c1-48-25-13-17(36)12-23(29(25)39)26-20-8-9-21-27(32(42)37(30(21)40)18-6-2-4-15(10-18)34(44)45)22(20)14-24-28(26)33(43)38(31(24)41)19-7-3-5-16(11-19)35(46)47/h2-8,10-13,21-22,24,26-28,39,44-47H,9,14H2,1H3. The van der Waals surface area contributed by atoms with E-state index in [-0.39, 0.29) is 46.6 Å². The van der Waals surface area contributed by atoms with Crippen molar-refractivity contribution in [3.05, 3.63) is 82.3 Å². The van der Waals surface area contributed by atoms with Gasteiger partial charge in [-0.3, -0.25) is 29.0 Å². The fourth-order valence-electron chi connectivity index (χ4n) is 8.08. The highest BCUT2D eigenvalue weighted by atomic mass is 79.9. The van der Waals surface area contributed by atoms with E-state index in [4.69, 9.17) is 4.74 Å². The second-order valence-corrected chi connectivity index (χ2v) is 13.4. The van der Waals surface area contributed by atoms with Crippen molar-refractivity contribution in [1.82, 2.24) is 0 Å². The Kier molecular flexibility index (Phi) is 8.07. The van der Waals surface area contributed by atoms with E-state index in [9.17, 15) is 44.4 Å². The van der Waals surface area contributed by atoms with Gasteiger partial charge >= 0.3 is 14.2 Å². The van der Waals surface area contributed by atoms with Crippen molar-refractivity contribution in [1.29, 1.82) is 0 Å². The van der Waals surface area contributed by atoms with Crippen LogP contribution in [0, 0.1) is 29.6 Å². The van der Waals surface area contributed by atoms with E-state index in [0.29, 0.717) is 15.6 Å². The first-order valence-electron chi connectivity index (χ1n) is 15.4. The van der Waals surface area contributed by atoms with Crippen LogP contribution in [0.25, 0.3) is 0 Å². The first kappa shape index (κ1) is 32.3. The summed E-state index contributed by atoms with van der Waals surface area (Å²) in [4.78, 5) is 58.8. The van der Waals surface area contributed by atoms with Crippen LogP contribution in [-0.2, 0) is 19.2 Å². The van der Waals surface area contributed by atoms with Crippen LogP contribution in [0.2, 0.25) is 0 Å². The zero-order chi connectivity index (χ0) is 34.2. The van der Waals surface area contributed by atoms with Crippen molar-refractivity contribution in [3.63, 3.8) is 0 Å². The third kappa shape index (κ3) is 4.91. The lowest BCUT2D eigenvalue weighted by Crippen LogP contribution is -2.43. The lowest BCUT2D eigenvalue weighted by molar-refractivity contribution is -0.126. The number of hydrogen-bond acceptors (Lipinski definition) is 10. The van der Waals surface area contributed by atoms with E-state index in [1.807, 2.05) is 6.08 Å². The van der Waals surface area contributed by atoms with Crippen LogP contribution in [-0.4, -0.2) is 70.2 Å². The van der Waals surface area contributed by atoms with Gasteiger partial charge < -0.3 is 29.9 Å². The van der Waals surface area contributed by atoms with Gasteiger partial charge in [0, 0.05) is 16.0 Å². The molecule has 3 aromatic carbocycles. The molecule has 3 aromatic rings. The van der Waals surface area contributed by atoms with Gasteiger partial charge in [-0.05, 0) is 66.1 Å². The molecule has 6 unspecified atom stereocenters. The first-order valence-corrected chi connectivity index (χ1v) is 16.2. The second kappa shape index (κ2) is 12.0. The number of rotatable bonds is 6. The number of allylic oxidation sites excluding steroid dienone is 2. The predicted octanol–water partition coefficient (Wildman–Crippen LogP) is 0.568. The molecular formula is C33H29B2BrN2O10. The first-order chi connectivity index (χ1) is 22.9. The van der Waals surface area contributed by atoms with Gasteiger partial charge in [-0.1, -0.05) is 51.8 Å². The summed E-state index contributed by atoms with van der Waals surface area (Å²) in [6, 6.07) is 14.9. The maximum Gasteiger partial charge on any atom is 0.488 e. The molecule has 0 aromatic heterocycles. The Morgan fingerprint density at radius 2 is 1.31 bits per heavy atom. The number of benzene rings is 3. The van der Waals surface area contributed by atoms with E-state index in [0.717, 1.165) is 9.80 Å². The van der Waals surface area contributed by atoms with Gasteiger partial charge in [0.05, 0.1) is 42.2 Å². The molecule has 48 heavy (non-hydrogen) atoms. The van der Waals surface area contributed by atoms with Gasteiger partial charge in [0.25, 0.3) is 0 Å². The minimum absolute atomic E-state index is 0.0751. The van der Waals surface area contributed by atoms with Crippen LogP contribution in [0.5, 0.6) is 11.5 Å². The quantitative estimate of drug-likeness (QED) is 0.137. The fraction of sp³-hybridized carbons (Fsp3) is 0.273.